The van der Waals surface area contributed by atoms with Crippen LogP contribution in [-0.4, -0.2) is 23.1 Å². The van der Waals surface area contributed by atoms with E-state index in [0.717, 1.165) is 0 Å². The zero-order valence-electron chi connectivity index (χ0n) is 14.4. The molecule has 25 heavy (non-hydrogen) atoms. The van der Waals surface area contributed by atoms with Gasteiger partial charge in [0, 0.05) is 16.7 Å². The first-order chi connectivity index (χ1) is 11.9. The second kappa shape index (κ2) is 8.67. The van der Waals surface area contributed by atoms with Crippen LogP contribution in [0, 0.1) is 12.8 Å². The largest absolute Gasteiger partial charge is 0.456 e. The maximum absolute atomic E-state index is 12.4. The number of esters is 1. The molecule has 2 aromatic rings. The number of nitrogens with zero attached hydrogens (tertiary/aromatic N) is 1. The van der Waals surface area contributed by atoms with Gasteiger partial charge in [-0.1, -0.05) is 37.0 Å². The first-order valence-electron chi connectivity index (χ1n) is 8.06. The van der Waals surface area contributed by atoms with Crippen LogP contribution in [0.5, 0.6) is 0 Å². The van der Waals surface area contributed by atoms with Gasteiger partial charge in [-0.05, 0) is 37.1 Å². The summed E-state index contributed by atoms with van der Waals surface area (Å²) in [5, 5.41) is 7.02. The Hall–Kier alpha value is -2.34. The number of rotatable bonds is 7. The minimum absolute atomic E-state index is 0.0244. The van der Waals surface area contributed by atoms with E-state index < -0.39 is 12.0 Å². The third kappa shape index (κ3) is 5.32. The van der Waals surface area contributed by atoms with Gasteiger partial charge >= 0.3 is 5.97 Å². The lowest BCUT2D eigenvalue weighted by Crippen LogP contribution is -2.45. The third-order valence-electron chi connectivity index (χ3n) is 3.89. The molecule has 1 aromatic heterocycles. The number of hydrogen-bond donors (Lipinski definition) is 1. The number of aromatic nitrogens is 1. The van der Waals surface area contributed by atoms with Crippen molar-refractivity contribution in [3.63, 3.8) is 0 Å². The van der Waals surface area contributed by atoms with E-state index in [1.807, 2.05) is 13.8 Å². The Morgan fingerprint density at radius 1 is 1.32 bits per heavy atom. The number of carbonyl (C=O) groups excluding carboxylic acids is 2. The molecule has 0 aliphatic heterocycles. The van der Waals surface area contributed by atoms with Crippen molar-refractivity contribution in [2.24, 2.45) is 5.92 Å². The first-order valence-corrected chi connectivity index (χ1v) is 8.43. The van der Waals surface area contributed by atoms with E-state index >= 15 is 0 Å². The van der Waals surface area contributed by atoms with Gasteiger partial charge in [0.05, 0.1) is 5.69 Å². The normalized spacial score (nSPS) is 13.1. The number of amides is 1. The summed E-state index contributed by atoms with van der Waals surface area (Å²) in [4.78, 5) is 24.8. The van der Waals surface area contributed by atoms with Crippen LogP contribution < -0.4 is 5.32 Å². The van der Waals surface area contributed by atoms with Gasteiger partial charge in [0.2, 0.25) is 0 Å². The standard InChI is InChI=1S/C18H21ClN2O4/c1-4-11(2)16(18(23)24-10-15-9-12(3)21-25-15)20-17(22)13-5-7-14(19)8-6-13/h5-9,11,16H,4,10H2,1-3H3,(H,20,22)/t11-,16-/m1/s1. The van der Waals surface area contributed by atoms with Crippen molar-refractivity contribution in [2.75, 3.05) is 0 Å². The van der Waals surface area contributed by atoms with E-state index in [-0.39, 0.29) is 18.4 Å². The van der Waals surface area contributed by atoms with Crippen molar-refractivity contribution in [1.29, 1.82) is 0 Å². The molecule has 0 bridgehead atoms. The molecule has 0 aliphatic carbocycles. The molecule has 7 heteroatoms. The summed E-state index contributed by atoms with van der Waals surface area (Å²) in [5.74, 6) is -0.488. The molecule has 0 fully saturated rings. The van der Waals surface area contributed by atoms with Gasteiger partial charge in [-0.15, -0.1) is 0 Å². The molecule has 0 saturated carbocycles. The Kier molecular flexibility index (Phi) is 6.58. The molecular weight excluding hydrogens is 344 g/mol. The summed E-state index contributed by atoms with van der Waals surface area (Å²) >= 11 is 5.83. The highest BCUT2D eigenvalue weighted by atomic mass is 35.5. The van der Waals surface area contributed by atoms with E-state index in [9.17, 15) is 9.59 Å². The van der Waals surface area contributed by atoms with Crippen molar-refractivity contribution < 1.29 is 18.8 Å². The SMILES string of the molecule is CC[C@@H](C)[C@@H](NC(=O)c1ccc(Cl)cc1)C(=O)OCc1cc(C)no1. The molecule has 1 aromatic carbocycles. The highest BCUT2D eigenvalue weighted by Gasteiger charge is 2.28. The average molecular weight is 365 g/mol. The number of halogens is 1. The van der Waals surface area contributed by atoms with Crippen LogP contribution in [0.3, 0.4) is 0 Å². The van der Waals surface area contributed by atoms with Crippen molar-refractivity contribution in [2.45, 2.75) is 39.8 Å². The van der Waals surface area contributed by atoms with Gasteiger partial charge in [-0.2, -0.15) is 0 Å². The van der Waals surface area contributed by atoms with Crippen molar-refractivity contribution in [3.8, 4) is 0 Å². The number of nitrogens with one attached hydrogen (secondary N) is 1. The maximum atomic E-state index is 12.4. The number of hydrogen-bond acceptors (Lipinski definition) is 5. The fourth-order valence-electron chi connectivity index (χ4n) is 2.21. The molecule has 1 amide bonds. The Morgan fingerprint density at radius 2 is 2.00 bits per heavy atom. The van der Waals surface area contributed by atoms with Crippen LogP contribution >= 0.6 is 11.6 Å². The number of carbonyl (C=O) groups is 2. The molecular formula is C18H21ClN2O4. The van der Waals surface area contributed by atoms with E-state index in [4.69, 9.17) is 20.9 Å². The Bertz CT molecular complexity index is 727. The van der Waals surface area contributed by atoms with E-state index in [0.29, 0.717) is 28.5 Å². The van der Waals surface area contributed by atoms with Gasteiger partial charge in [-0.25, -0.2) is 4.79 Å². The van der Waals surface area contributed by atoms with Gasteiger partial charge in [0.15, 0.2) is 12.4 Å². The van der Waals surface area contributed by atoms with Crippen molar-refractivity contribution >= 4 is 23.5 Å². The lowest BCUT2D eigenvalue weighted by atomic mass is 9.99. The van der Waals surface area contributed by atoms with E-state index in [1.165, 1.54) is 0 Å². The maximum Gasteiger partial charge on any atom is 0.329 e. The quantitative estimate of drug-likeness (QED) is 0.760. The number of benzene rings is 1. The van der Waals surface area contributed by atoms with Gasteiger partial charge in [0.25, 0.3) is 5.91 Å². The van der Waals surface area contributed by atoms with Crippen molar-refractivity contribution in [3.05, 3.63) is 52.4 Å². The first kappa shape index (κ1) is 19.0. The fourth-order valence-corrected chi connectivity index (χ4v) is 2.34. The summed E-state index contributed by atoms with van der Waals surface area (Å²) < 4.78 is 10.3. The summed E-state index contributed by atoms with van der Waals surface area (Å²) in [5.41, 5.74) is 1.14. The predicted molar refractivity (Wildman–Crippen MR) is 93.2 cm³/mol. The lowest BCUT2D eigenvalue weighted by Gasteiger charge is -2.22. The summed E-state index contributed by atoms with van der Waals surface area (Å²) in [6, 6.07) is 7.40. The van der Waals surface area contributed by atoms with E-state index in [1.54, 1.807) is 37.3 Å². The minimum atomic E-state index is -0.753. The molecule has 1 heterocycles. The van der Waals surface area contributed by atoms with Crippen LogP contribution in [0.2, 0.25) is 5.02 Å². The van der Waals surface area contributed by atoms with Crippen molar-refractivity contribution in [1.82, 2.24) is 10.5 Å². The molecule has 0 aliphatic rings. The van der Waals surface area contributed by atoms with Crippen LogP contribution in [0.4, 0.5) is 0 Å². The second-order valence-corrected chi connectivity index (χ2v) is 6.32. The van der Waals surface area contributed by atoms with Crippen LogP contribution in [0.25, 0.3) is 0 Å². The molecule has 0 spiro atoms. The molecule has 0 saturated heterocycles. The molecule has 0 unspecified atom stereocenters. The highest BCUT2D eigenvalue weighted by Crippen LogP contribution is 2.14. The molecule has 2 rings (SSSR count). The zero-order valence-corrected chi connectivity index (χ0v) is 15.2. The molecule has 134 valence electrons. The number of ether oxygens (including phenoxy) is 1. The predicted octanol–water partition coefficient (Wildman–Crippen LogP) is 3.52. The zero-order chi connectivity index (χ0) is 18.4. The minimum Gasteiger partial charge on any atom is -0.456 e. The van der Waals surface area contributed by atoms with Crippen LogP contribution in [0.1, 0.15) is 42.1 Å². The Balaban J connectivity index is 2.02. The molecule has 0 radical (unpaired) electrons. The topological polar surface area (TPSA) is 81.4 Å². The molecule has 2 atom stereocenters. The third-order valence-corrected chi connectivity index (χ3v) is 4.15. The lowest BCUT2D eigenvalue weighted by molar-refractivity contribution is -0.149. The van der Waals surface area contributed by atoms with Crippen LogP contribution in [-0.2, 0) is 16.1 Å². The van der Waals surface area contributed by atoms with Gasteiger partial charge in [-0.3, -0.25) is 4.79 Å². The monoisotopic (exact) mass is 364 g/mol. The summed E-state index contributed by atoms with van der Waals surface area (Å²) in [7, 11) is 0. The summed E-state index contributed by atoms with van der Waals surface area (Å²) in [6.07, 6.45) is 0.710. The molecule has 6 nitrogen and oxygen atoms in total. The Labute approximate surface area is 151 Å². The number of aryl methyl sites for hydroxylation is 1. The molecule has 1 N–H and O–H groups in total. The highest BCUT2D eigenvalue weighted by molar-refractivity contribution is 6.30. The van der Waals surface area contributed by atoms with Gasteiger partial charge < -0.3 is 14.6 Å². The second-order valence-electron chi connectivity index (χ2n) is 5.89. The van der Waals surface area contributed by atoms with E-state index in [2.05, 4.69) is 10.5 Å². The van der Waals surface area contributed by atoms with Gasteiger partial charge in [0.1, 0.15) is 6.04 Å². The Morgan fingerprint density at radius 3 is 2.56 bits per heavy atom. The fraction of sp³-hybridized carbons (Fsp3) is 0.389. The summed E-state index contributed by atoms with van der Waals surface area (Å²) in [6.45, 7) is 5.58. The van der Waals surface area contributed by atoms with Crippen LogP contribution in [0.15, 0.2) is 34.9 Å². The smallest absolute Gasteiger partial charge is 0.329 e. The average Bonchev–Trinajstić information content (AvgIpc) is 3.02.